The molecule has 6 nitrogen and oxygen atoms in total. The SMILES string of the molecule is Cc1[nH]c2c(C(=O)NC3CCCN(C(=O)OC(C)(C)C)CC3)cccc2c1C. The van der Waals surface area contributed by atoms with Crippen molar-refractivity contribution in [2.24, 2.45) is 0 Å². The lowest BCUT2D eigenvalue weighted by molar-refractivity contribution is 0.0256. The van der Waals surface area contributed by atoms with E-state index >= 15 is 0 Å². The lowest BCUT2D eigenvalue weighted by atomic mass is 10.1. The van der Waals surface area contributed by atoms with Gasteiger partial charge in [0, 0.05) is 30.2 Å². The highest BCUT2D eigenvalue weighted by Gasteiger charge is 2.26. The summed E-state index contributed by atoms with van der Waals surface area (Å²) in [5, 5.41) is 4.25. The van der Waals surface area contributed by atoms with Crippen LogP contribution in [-0.2, 0) is 4.74 Å². The fraction of sp³-hybridized carbons (Fsp3) is 0.545. The van der Waals surface area contributed by atoms with Crippen molar-refractivity contribution in [3.8, 4) is 0 Å². The van der Waals surface area contributed by atoms with E-state index in [1.54, 1.807) is 4.90 Å². The monoisotopic (exact) mass is 385 g/mol. The van der Waals surface area contributed by atoms with E-state index in [0.29, 0.717) is 18.7 Å². The van der Waals surface area contributed by atoms with E-state index < -0.39 is 5.60 Å². The number of carbonyl (C=O) groups excluding carboxylic acids is 2. The van der Waals surface area contributed by atoms with E-state index in [1.165, 1.54) is 5.56 Å². The topological polar surface area (TPSA) is 74.4 Å². The van der Waals surface area contributed by atoms with E-state index in [2.05, 4.69) is 17.2 Å². The molecule has 1 atom stereocenters. The van der Waals surface area contributed by atoms with Crippen LogP contribution in [0.5, 0.6) is 0 Å². The molecule has 2 aromatic rings. The number of fused-ring (bicyclic) bond motifs is 1. The number of aryl methyl sites for hydroxylation is 2. The van der Waals surface area contributed by atoms with Gasteiger partial charge in [-0.25, -0.2) is 4.79 Å². The third-order valence-electron chi connectivity index (χ3n) is 5.30. The molecular weight excluding hydrogens is 354 g/mol. The van der Waals surface area contributed by atoms with Crippen molar-refractivity contribution in [2.75, 3.05) is 13.1 Å². The van der Waals surface area contributed by atoms with Crippen molar-refractivity contribution in [3.63, 3.8) is 0 Å². The largest absolute Gasteiger partial charge is 0.444 e. The van der Waals surface area contributed by atoms with Crippen LogP contribution in [0.2, 0.25) is 0 Å². The summed E-state index contributed by atoms with van der Waals surface area (Å²) < 4.78 is 5.48. The minimum absolute atomic E-state index is 0.0485. The molecule has 6 heteroatoms. The average molecular weight is 386 g/mol. The molecule has 2 N–H and O–H groups in total. The first-order valence-electron chi connectivity index (χ1n) is 10.0. The number of likely N-dealkylation sites (tertiary alicyclic amines) is 1. The molecule has 3 rings (SSSR count). The molecule has 1 aromatic heterocycles. The van der Waals surface area contributed by atoms with Crippen molar-refractivity contribution in [1.29, 1.82) is 0 Å². The second kappa shape index (κ2) is 7.86. The Hall–Kier alpha value is -2.50. The van der Waals surface area contributed by atoms with Gasteiger partial charge >= 0.3 is 6.09 Å². The number of hydrogen-bond donors (Lipinski definition) is 2. The van der Waals surface area contributed by atoms with E-state index in [4.69, 9.17) is 4.74 Å². The van der Waals surface area contributed by atoms with Crippen LogP contribution in [-0.4, -0.2) is 46.6 Å². The van der Waals surface area contributed by atoms with Crippen molar-refractivity contribution in [2.45, 2.75) is 65.5 Å². The number of carbonyl (C=O) groups is 2. The van der Waals surface area contributed by atoms with Gasteiger partial charge < -0.3 is 19.9 Å². The van der Waals surface area contributed by atoms with Crippen molar-refractivity contribution < 1.29 is 14.3 Å². The van der Waals surface area contributed by atoms with Crippen LogP contribution < -0.4 is 5.32 Å². The van der Waals surface area contributed by atoms with Crippen molar-refractivity contribution in [1.82, 2.24) is 15.2 Å². The number of nitrogens with zero attached hydrogens (tertiary/aromatic N) is 1. The molecule has 2 amide bonds. The number of amides is 2. The molecular formula is C22H31N3O3. The lowest BCUT2D eigenvalue weighted by Crippen LogP contribution is -2.39. The van der Waals surface area contributed by atoms with Gasteiger partial charge in [0.05, 0.1) is 11.1 Å². The van der Waals surface area contributed by atoms with Crippen LogP contribution in [0.3, 0.4) is 0 Å². The van der Waals surface area contributed by atoms with Crippen LogP contribution in [0.4, 0.5) is 4.79 Å². The van der Waals surface area contributed by atoms with Crippen LogP contribution in [0.25, 0.3) is 10.9 Å². The number of aromatic nitrogens is 1. The summed E-state index contributed by atoms with van der Waals surface area (Å²) in [6.45, 7) is 10.9. The Morgan fingerprint density at radius 3 is 2.64 bits per heavy atom. The molecule has 152 valence electrons. The average Bonchev–Trinajstić information content (AvgIpc) is 2.78. The van der Waals surface area contributed by atoms with Gasteiger partial charge in [0.1, 0.15) is 5.60 Å². The van der Waals surface area contributed by atoms with Gasteiger partial charge in [-0.15, -0.1) is 0 Å². The Labute approximate surface area is 166 Å². The number of para-hydroxylation sites is 1. The van der Waals surface area contributed by atoms with Crippen LogP contribution in [0.15, 0.2) is 18.2 Å². The zero-order chi connectivity index (χ0) is 20.5. The number of aromatic amines is 1. The zero-order valence-corrected chi connectivity index (χ0v) is 17.5. The predicted octanol–water partition coefficient (Wildman–Crippen LogP) is 4.30. The third-order valence-corrected chi connectivity index (χ3v) is 5.30. The Bertz CT molecular complexity index is 879. The molecule has 1 aromatic carbocycles. The highest BCUT2D eigenvalue weighted by molar-refractivity contribution is 6.06. The van der Waals surface area contributed by atoms with Gasteiger partial charge in [-0.05, 0) is 65.5 Å². The molecule has 0 bridgehead atoms. The summed E-state index contributed by atoms with van der Waals surface area (Å²) in [4.78, 5) is 30.3. The fourth-order valence-electron chi connectivity index (χ4n) is 3.68. The molecule has 28 heavy (non-hydrogen) atoms. The smallest absolute Gasteiger partial charge is 0.410 e. The summed E-state index contributed by atoms with van der Waals surface area (Å²) in [6.07, 6.45) is 2.14. The Morgan fingerprint density at radius 1 is 1.18 bits per heavy atom. The van der Waals surface area contributed by atoms with Gasteiger partial charge in [0.15, 0.2) is 0 Å². The molecule has 1 fully saturated rings. The quantitative estimate of drug-likeness (QED) is 0.809. The fourth-order valence-corrected chi connectivity index (χ4v) is 3.68. The van der Waals surface area contributed by atoms with E-state index in [-0.39, 0.29) is 18.0 Å². The number of nitrogens with one attached hydrogen (secondary N) is 2. The van der Waals surface area contributed by atoms with Gasteiger partial charge in [0.2, 0.25) is 0 Å². The van der Waals surface area contributed by atoms with Gasteiger partial charge in [-0.3, -0.25) is 4.79 Å². The first-order valence-corrected chi connectivity index (χ1v) is 10.0. The summed E-state index contributed by atoms with van der Waals surface area (Å²) in [5.74, 6) is -0.0671. The minimum Gasteiger partial charge on any atom is -0.444 e. The highest BCUT2D eigenvalue weighted by Crippen LogP contribution is 2.24. The lowest BCUT2D eigenvalue weighted by Gasteiger charge is -2.26. The number of rotatable bonds is 2. The Morgan fingerprint density at radius 2 is 1.93 bits per heavy atom. The maximum absolute atomic E-state index is 12.9. The highest BCUT2D eigenvalue weighted by atomic mass is 16.6. The number of ether oxygens (including phenoxy) is 1. The van der Waals surface area contributed by atoms with Gasteiger partial charge in [-0.2, -0.15) is 0 Å². The first-order chi connectivity index (χ1) is 13.2. The van der Waals surface area contributed by atoms with Crippen LogP contribution >= 0.6 is 0 Å². The molecule has 0 radical (unpaired) electrons. The number of hydrogen-bond acceptors (Lipinski definition) is 3. The van der Waals surface area contributed by atoms with Gasteiger partial charge in [0.25, 0.3) is 5.91 Å². The normalized spacial score (nSPS) is 18.0. The number of benzene rings is 1. The summed E-state index contributed by atoms with van der Waals surface area (Å²) >= 11 is 0. The molecule has 0 spiro atoms. The Balaban J connectivity index is 1.66. The standard InChI is InChI=1S/C22H31N3O3/c1-14-15(2)23-19-17(14)9-6-10-18(19)20(26)24-16-8-7-12-25(13-11-16)21(27)28-22(3,4)5/h6,9-10,16,23H,7-8,11-13H2,1-5H3,(H,24,26). The van der Waals surface area contributed by atoms with Gasteiger partial charge in [-0.1, -0.05) is 12.1 Å². The summed E-state index contributed by atoms with van der Waals surface area (Å²) in [7, 11) is 0. The van der Waals surface area contributed by atoms with E-state index in [9.17, 15) is 9.59 Å². The first kappa shape index (κ1) is 20.2. The van der Waals surface area contributed by atoms with Crippen LogP contribution in [0.1, 0.15) is 61.6 Å². The molecule has 1 aliphatic heterocycles. The van der Waals surface area contributed by atoms with Crippen molar-refractivity contribution >= 4 is 22.9 Å². The zero-order valence-electron chi connectivity index (χ0n) is 17.5. The molecule has 1 saturated heterocycles. The second-order valence-electron chi connectivity index (χ2n) is 8.67. The maximum atomic E-state index is 12.9. The molecule has 0 saturated carbocycles. The minimum atomic E-state index is -0.498. The van der Waals surface area contributed by atoms with Crippen molar-refractivity contribution in [3.05, 3.63) is 35.0 Å². The number of H-pyrrole nitrogens is 1. The Kier molecular flexibility index (Phi) is 5.68. The van der Waals surface area contributed by atoms with E-state index in [0.717, 1.165) is 35.9 Å². The predicted molar refractivity (Wildman–Crippen MR) is 111 cm³/mol. The maximum Gasteiger partial charge on any atom is 0.410 e. The molecule has 2 heterocycles. The molecule has 1 unspecified atom stereocenters. The summed E-state index contributed by atoms with van der Waals surface area (Å²) in [6, 6.07) is 5.87. The second-order valence-corrected chi connectivity index (χ2v) is 8.67. The van der Waals surface area contributed by atoms with Crippen LogP contribution in [0, 0.1) is 13.8 Å². The third kappa shape index (κ3) is 4.49. The van der Waals surface area contributed by atoms with E-state index in [1.807, 2.05) is 45.9 Å². The molecule has 1 aliphatic rings. The molecule has 0 aliphatic carbocycles. The summed E-state index contributed by atoms with van der Waals surface area (Å²) in [5.41, 5.74) is 3.31.